The number of nitrogens with zero attached hydrogens (tertiary/aromatic N) is 3. The van der Waals surface area contributed by atoms with E-state index in [0.29, 0.717) is 5.75 Å². The first-order chi connectivity index (χ1) is 12.7. The molecule has 0 radical (unpaired) electrons. The summed E-state index contributed by atoms with van der Waals surface area (Å²) in [6, 6.07) is 10.3. The quantitative estimate of drug-likeness (QED) is 0.655. The first kappa shape index (κ1) is 17.1. The van der Waals surface area contributed by atoms with Gasteiger partial charge in [-0.25, -0.2) is 4.79 Å². The number of aromatic nitrogens is 2. The Hall–Kier alpha value is -2.28. The lowest BCUT2D eigenvalue weighted by Crippen LogP contribution is -2.49. The van der Waals surface area contributed by atoms with Crippen LogP contribution < -0.4 is 10.6 Å². The number of rotatable bonds is 4. The number of nitrogens with one attached hydrogen (secondary N) is 1. The second-order valence-electron chi connectivity index (χ2n) is 6.65. The summed E-state index contributed by atoms with van der Waals surface area (Å²) in [5.74, 6) is 0.463. The largest absolute Gasteiger partial charge is 0.368 e. The van der Waals surface area contributed by atoms with Crippen LogP contribution >= 0.6 is 11.8 Å². The van der Waals surface area contributed by atoms with Gasteiger partial charge >= 0.3 is 5.69 Å². The van der Waals surface area contributed by atoms with E-state index in [2.05, 4.69) is 27.0 Å². The summed E-state index contributed by atoms with van der Waals surface area (Å²) < 4.78 is 0. The van der Waals surface area contributed by atoms with Crippen molar-refractivity contribution >= 4 is 23.4 Å². The predicted octanol–water partition coefficient (Wildman–Crippen LogP) is 1.70. The van der Waals surface area contributed by atoms with Crippen molar-refractivity contribution in [1.82, 2.24) is 14.9 Å². The standard InChI is InChI=1S/C19H22N4O2S/c24-17(13-26-18-15-7-4-8-16(15)20-19(25)21-18)23-11-9-22(10-12-23)14-5-2-1-3-6-14/h1-3,5-6H,4,7-13H2,(H,20,21,25). The summed E-state index contributed by atoms with van der Waals surface area (Å²) in [4.78, 5) is 35.4. The van der Waals surface area contributed by atoms with Crippen LogP contribution in [-0.2, 0) is 17.6 Å². The Labute approximate surface area is 156 Å². The van der Waals surface area contributed by atoms with Gasteiger partial charge in [-0.1, -0.05) is 30.0 Å². The van der Waals surface area contributed by atoms with Crippen LogP contribution in [-0.4, -0.2) is 52.7 Å². The third-order valence-corrected chi connectivity index (χ3v) is 6.03. The molecule has 2 aromatic rings. The molecule has 26 heavy (non-hydrogen) atoms. The Balaban J connectivity index is 1.33. The van der Waals surface area contributed by atoms with E-state index in [1.54, 1.807) is 0 Å². The average Bonchev–Trinajstić information content (AvgIpc) is 3.15. The number of carbonyl (C=O) groups is 1. The number of fused-ring (bicyclic) bond motifs is 1. The summed E-state index contributed by atoms with van der Waals surface area (Å²) >= 11 is 1.40. The molecule has 0 unspecified atom stereocenters. The molecule has 1 aromatic carbocycles. The van der Waals surface area contributed by atoms with Crippen molar-refractivity contribution < 1.29 is 4.79 Å². The highest BCUT2D eigenvalue weighted by atomic mass is 32.2. The van der Waals surface area contributed by atoms with Crippen molar-refractivity contribution in [3.8, 4) is 0 Å². The molecule has 136 valence electrons. The normalized spacial score (nSPS) is 16.6. The molecule has 1 saturated heterocycles. The molecule has 1 N–H and O–H groups in total. The molecule has 7 heteroatoms. The third-order valence-electron chi connectivity index (χ3n) is 5.02. The zero-order chi connectivity index (χ0) is 17.9. The maximum absolute atomic E-state index is 12.6. The number of H-pyrrole nitrogens is 1. The highest BCUT2D eigenvalue weighted by Gasteiger charge is 2.23. The highest BCUT2D eigenvalue weighted by Crippen LogP contribution is 2.28. The first-order valence-electron chi connectivity index (χ1n) is 9.03. The van der Waals surface area contributed by atoms with Crippen LogP contribution in [0.1, 0.15) is 17.7 Å². The Morgan fingerprint density at radius 2 is 1.88 bits per heavy atom. The molecule has 1 aliphatic carbocycles. The topological polar surface area (TPSA) is 69.3 Å². The predicted molar refractivity (Wildman–Crippen MR) is 103 cm³/mol. The fourth-order valence-electron chi connectivity index (χ4n) is 3.63. The van der Waals surface area contributed by atoms with Gasteiger partial charge < -0.3 is 14.8 Å². The van der Waals surface area contributed by atoms with E-state index in [4.69, 9.17) is 0 Å². The number of thioether (sulfide) groups is 1. The van der Waals surface area contributed by atoms with Gasteiger partial charge in [0.1, 0.15) is 5.03 Å². The lowest BCUT2D eigenvalue weighted by atomic mass is 10.2. The summed E-state index contributed by atoms with van der Waals surface area (Å²) in [7, 11) is 0. The Kier molecular flexibility index (Phi) is 4.97. The Morgan fingerprint density at radius 3 is 2.65 bits per heavy atom. The van der Waals surface area contributed by atoms with E-state index in [1.165, 1.54) is 17.4 Å². The van der Waals surface area contributed by atoms with Crippen LogP contribution in [0, 0.1) is 0 Å². The van der Waals surface area contributed by atoms with Gasteiger partial charge in [0.15, 0.2) is 0 Å². The molecule has 1 amide bonds. The zero-order valence-corrected chi connectivity index (χ0v) is 15.4. The van der Waals surface area contributed by atoms with Gasteiger partial charge in [0.05, 0.1) is 5.75 Å². The molecule has 0 spiro atoms. The van der Waals surface area contributed by atoms with Crippen molar-refractivity contribution in [2.24, 2.45) is 0 Å². The summed E-state index contributed by atoms with van der Waals surface area (Å²) in [5, 5.41) is 0.734. The van der Waals surface area contributed by atoms with E-state index in [-0.39, 0.29) is 11.6 Å². The van der Waals surface area contributed by atoms with E-state index in [1.807, 2.05) is 23.1 Å². The molecular weight excluding hydrogens is 348 g/mol. The summed E-state index contributed by atoms with van der Waals surface area (Å²) in [5.41, 5.74) is 3.02. The molecule has 1 fully saturated rings. The van der Waals surface area contributed by atoms with Gasteiger partial charge in [-0.2, -0.15) is 4.98 Å². The van der Waals surface area contributed by atoms with Crippen LogP contribution in [0.15, 0.2) is 40.2 Å². The number of anilines is 1. The number of carbonyl (C=O) groups excluding carboxylic acids is 1. The van der Waals surface area contributed by atoms with E-state index in [0.717, 1.165) is 61.7 Å². The second-order valence-corrected chi connectivity index (χ2v) is 7.61. The SMILES string of the molecule is O=C(CSc1nc(=O)[nH]c2c1CCC2)N1CCN(c2ccccc2)CC1. The van der Waals surface area contributed by atoms with Crippen molar-refractivity contribution in [3.63, 3.8) is 0 Å². The fraction of sp³-hybridized carbons (Fsp3) is 0.421. The maximum atomic E-state index is 12.6. The minimum absolute atomic E-state index is 0.122. The van der Waals surface area contributed by atoms with Crippen molar-refractivity contribution in [3.05, 3.63) is 52.1 Å². The number of hydrogen-bond acceptors (Lipinski definition) is 5. The first-order valence-corrected chi connectivity index (χ1v) is 10.0. The molecule has 2 aliphatic rings. The molecule has 6 nitrogen and oxygen atoms in total. The molecule has 0 atom stereocenters. The van der Waals surface area contributed by atoms with Crippen molar-refractivity contribution in [1.29, 1.82) is 0 Å². The number of amides is 1. The fourth-order valence-corrected chi connectivity index (χ4v) is 4.62. The van der Waals surface area contributed by atoms with Crippen LogP contribution in [0.25, 0.3) is 0 Å². The van der Waals surface area contributed by atoms with Gasteiger partial charge in [-0.15, -0.1) is 0 Å². The maximum Gasteiger partial charge on any atom is 0.346 e. The monoisotopic (exact) mass is 370 g/mol. The third kappa shape index (κ3) is 3.62. The molecule has 4 rings (SSSR count). The second kappa shape index (κ2) is 7.53. The number of aromatic amines is 1. The van der Waals surface area contributed by atoms with E-state index in [9.17, 15) is 9.59 Å². The van der Waals surface area contributed by atoms with Gasteiger partial charge in [0.2, 0.25) is 5.91 Å². The number of hydrogen-bond donors (Lipinski definition) is 1. The molecular formula is C19H22N4O2S. The van der Waals surface area contributed by atoms with Gasteiger partial charge in [-0.3, -0.25) is 4.79 Å². The molecule has 0 bridgehead atoms. The number of piperazine rings is 1. The average molecular weight is 370 g/mol. The van der Waals surface area contributed by atoms with Crippen LogP contribution in [0.4, 0.5) is 5.69 Å². The minimum atomic E-state index is -0.308. The molecule has 1 aliphatic heterocycles. The Morgan fingerprint density at radius 1 is 1.12 bits per heavy atom. The molecule has 2 heterocycles. The number of aryl methyl sites for hydroxylation is 1. The van der Waals surface area contributed by atoms with Crippen LogP contribution in [0.5, 0.6) is 0 Å². The summed E-state index contributed by atoms with van der Waals surface area (Å²) in [6.07, 6.45) is 2.88. The summed E-state index contributed by atoms with van der Waals surface area (Å²) in [6.45, 7) is 3.16. The lowest BCUT2D eigenvalue weighted by Gasteiger charge is -2.36. The van der Waals surface area contributed by atoms with Crippen LogP contribution in [0.3, 0.4) is 0 Å². The molecule has 1 aromatic heterocycles. The van der Waals surface area contributed by atoms with Crippen LogP contribution in [0.2, 0.25) is 0 Å². The Bertz CT molecular complexity index is 844. The van der Waals surface area contributed by atoms with Gasteiger partial charge in [-0.05, 0) is 31.4 Å². The van der Waals surface area contributed by atoms with Crippen molar-refractivity contribution in [2.75, 3.05) is 36.8 Å². The molecule has 0 saturated carbocycles. The van der Waals surface area contributed by atoms with E-state index < -0.39 is 0 Å². The lowest BCUT2D eigenvalue weighted by molar-refractivity contribution is -0.128. The minimum Gasteiger partial charge on any atom is -0.368 e. The number of para-hydroxylation sites is 1. The highest BCUT2D eigenvalue weighted by molar-refractivity contribution is 7.99. The van der Waals surface area contributed by atoms with Gasteiger partial charge in [0.25, 0.3) is 0 Å². The smallest absolute Gasteiger partial charge is 0.346 e. The van der Waals surface area contributed by atoms with E-state index >= 15 is 0 Å². The zero-order valence-electron chi connectivity index (χ0n) is 14.6. The number of benzene rings is 1. The van der Waals surface area contributed by atoms with Crippen molar-refractivity contribution in [2.45, 2.75) is 24.3 Å². The van der Waals surface area contributed by atoms with Gasteiger partial charge in [0, 0.05) is 43.1 Å².